The zero-order chi connectivity index (χ0) is 21.4. The molecule has 0 spiro atoms. The maximum Gasteiger partial charge on any atom is 0.408 e. The standard InChI is InChI=1S/C20H21N5O4/c1-20(2,3)29-19(27)24-17(18(26)28-9-8-21)10-14-4-6-16(7-5-14)25-12-15(11-22)23-13-25/h4-7,12-13,17H,9-10H2,1-3H3,(H,24,27)/t17-/m0/s1. The largest absolute Gasteiger partial charge is 0.449 e. The van der Waals surface area contributed by atoms with Crippen LogP contribution in [-0.4, -0.2) is 39.9 Å². The summed E-state index contributed by atoms with van der Waals surface area (Å²) in [7, 11) is 0. The number of carbonyl (C=O) groups is 2. The maximum absolute atomic E-state index is 12.2. The second-order valence-corrected chi connectivity index (χ2v) is 7.11. The fraction of sp³-hybridized carbons (Fsp3) is 0.350. The first-order valence-corrected chi connectivity index (χ1v) is 8.78. The van der Waals surface area contributed by atoms with Crippen LogP contribution in [0.5, 0.6) is 0 Å². The number of alkyl carbamates (subject to hydrolysis) is 1. The Morgan fingerprint density at radius 1 is 1.24 bits per heavy atom. The molecule has 1 aromatic carbocycles. The van der Waals surface area contributed by atoms with Gasteiger partial charge in [-0.1, -0.05) is 12.1 Å². The van der Waals surface area contributed by atoms with E-state index >= 15 is 0 Å². The lowest BCUT2D eigenvalue weighted by atomic mass is 10.1. The van der Waals surface area contributed by atoms with Crippen molar-refractivity contribution in [2.75, 3.05) is 6.61 Å². The molecule has 0 saturated carbocycles. The van der Waals surface area contributed by atoms with Gasteiger partial charge in [-0.2, -0.15) is 10.5 Å². The number of hydrogen-bond acceptors (Lipinski definition) is 7. The normalized spacial score (nSPS) is 11.6. The molecule has 9 nitrogen and oxygen atoms in total. The number of nitriles is 2. The van der Waals surface area contributed by atoms with Gasteiger partial charge in [-0.05, 0) is 38.5 Å². The van der Waals surface area contributed by atoms with Crippen LogP contribution < -0.4 is 5.32 Å². The molecular formula is C20H21N5O4. The summed E-state index contributed by atoms with van der Waals surface area (Å²) in [6, 6.07) is 9.82. The summed E-state index contributed by atoms with van der Waals surface area (Å²) in [5, 5.41) is 20.0. The Morgan fingerprint density at radius 3 is 2.48 bits per heavy atom. The fourth-order valence-corrected chi connectivity index (χ4v) is 2.41. The predicted octanol–water partition coefficient (Wildman–Crippen LogP) is 2.25. The zero-order valence-corrected chi connectivity index (χ0v) is 16.4. The molecule has 1 N–H and O–H groups in total. The molecule has 2 rings (SSSR count). The fourth-order valence-electron chi connectivity index (χ4n) is 2.41. The van der Waals surface area contributed by atoms with Crippen LogP contribution in [-0.2, 0) is 20.7 Å². The molecule has 0 aliphatic heterocycles. The van der Waals surface area contributed by atoms with Gasteiger partial charge in [0.25, 0.3) is 0 Å². The van der Waals surface area contributed by atoms with Crippen LogP contribution in [0.2, 0.25) is 0 Å². The van der Waals surface area contributed by atoms with Gasteiger partial charge >= 0.3 is 12.1 Å². The zero-order valence-electron chi connectivity index (χ0n) is 16.4. The number of nitrogens with zero attached hydrogens (tertiary/aromatic N) is 4. The smallest absolute Gasteiger partial charge is 0.408 e. The van der Waals surface area contributed by atoms with Crippen molar-refractivity contribution in [1.82, 2.24) is 14.9 Å². The highest BCUT2D eigenvalue weighted by Gasteiger charge is 2.26. The topological polar surface area (TPSA) is 130 Å². The minimum Gasteiger partial charge on any atom is -0.449 e. The van der Waals surface area contributed by atoms with Gasteiger partial charge in [-0.15, -0.1) is 0 Å². The highest BCUT2D eigenvalue weighted by atomic mass is 16.6. The molecule has 1 aromatic heterocycles. The number of ether oxygens (including phenoxy) is 2. The average Bonchev–Trinajstić information content (AvgIpc) is 3.14. The number of imidazole rings is 1. The molecule has 0 fully saturated rings. The van der Waals surface area contributed by atoms with Gasteiger partial charge in [0.05, 0.1) is 0 Å². The van der Waals surface area contributed by atoms with E-state index in [2.05, 4.69) is 10.3 Å². The SMILES string of the molecule is CC(C)(C)OC(=O)N[C@@H](Cc1ccc(-n2cnc(C#N)c2)cc1)C(=O)OCC#N. The molecule has 0 saturated heterocycles. The van der Waals surface area contributed by atoms with E-state index in [1.807, 2.05) is 6.07 Å². The molecule has 1 heterocycles. The van der Waals surface area contributed by atoms with Gasteiger partial charge in [0.15, 0.2) is 12.3 Å². The second-order valence-electron chi connectivity index (χ2n) is 7.11. The number of amides is 1. The molecule has 150 valence electrons. The van der Waals surface area contributed by atoms with Gasteiger partial charge < -0.3 is 19.4 Å². The molecule has 0 unspecified atom stereocenters. The van der Waals surface area contributed by atoms with Gasteiger partial charge in [0.2, 0.25) is 0 Å². The summed E-state index contributed by atoms with van der Waals surface area (Å²) in [6.07, 6.45) is 2.52. The van der Waals surface area contributed by atoms with E-state index in [4.69, 9.17) is 20.0 Å². The molecule has 29 heavy (non-hydrogen) atoms. The molecule has 1 atom stereocenters. The molecular weight excluding hydrogens is 374 g/mol. The van der Waals surface area contributed by atoms with Crippen molar-refractivity contribution >= 4 is 12.1 Å². The number of hydrogen-bond donors (Lipinski definition) is 1. The molecule has 1 amide bonds. The monoisotopic (exact) mass is 395 g/mol. The Labute approximate surface area is 168 Å². The van der Waals surface area contributed by atoms with E-state index in [0.717, 1.165) is 11.3 Å². The van der Waals surface area contributed by atoms with Crippen LogP contribution in [0.25, 0.3) is 5.69 Å². The summed E-state index contributed by atoms with van der Waals surface area (Å²) < 4.78 is 11.7. The van der Waals surface area contributed by atoms with Crippen LogP contribution in [0.4, 0.5) is 4.79 Å². The lowest BCUT2D eigenvalue weighted by Crippen LogP contribution is -2.45. The third-order valence-electron chi connectivity index (χ3n) is 3.63. The summed E-state index contributed by atoms with van der Waals surface area (Å²) in [5.41, 5.74) is 1.12. The first kappa shape index (κ1) is 21.5. The van der Waals surface area contributed by atoms with E-state index in [1.165, 1.54) is 6.33 Å². The highest BCUT2D eigenvalue weighted by molar-refractivity contribution is 5.81. The Kier molecular flexibility index (Phi) is 6.94. The summed E-state index contributed by atoms with van der Waals surface area (Å²) >= 11 is 0. The number of aromatic nitrogens is 2. The van der Waals surface area contributed by atoms with Crippen molar-refractivity contribution in [3.8, 4) is 17.8 Å². The Hall–Kier alpha value is -3.85. The predicted molar refractivity (Wildman–Crippen MR) is 102 cm³/mol. The minimum absolute atomic E-state index is 0.150. The van der Waals surface area contributed by atoms with E-state index in [9.17, 15) is 9.59 Å². The third-order valence-corrected chi connectivity index (χ3v) is 3.63. The number of nitrogens with one attached hydrogen (secondary N) is 1. The Balaban J connectivity index is 2.12. The first-order valence-electron chi connectivity index (χ1n) is 8.78. The van der Waals surface area contributed by atoms with Gasteiger partial charge in [0.1, 0.15) is 30.1 Å². The molecule has 0 bridgehead atoms. The van der Waals surface area contributed by atoms with Crippen LogP contribution in [0.3, 0.4) is 0 Å². The van der Waals surface area contributed by atoms with Crippen molar-refractivity contribution < 1.29 is 19.1 Å². The lowest BCUT2D eigenvalue weighted by Gasteiger charge is -2.22. The lowest BCUT2D eigenvalue weighted by molar-refractivity contribution is -0.144. The number of benzene rings is 1. The van der Waals surface area contributed by atoms with Crippen molar-refractivity contribution in [3.63, 3.8) is 0 Å². The maximum atomic E-state index is 12.2. The summed E-state index contributed by atoms with van der Waals surface area (Å²) in [4.78, 5) is 28.3. The van der Waals surface area contributed by atoms with Gasteiger partial charge in [0, 0.05) is 18.3 Å². The second kappa shape index (κ2) is 9.38. The molecule has 0 aliphatic carbocycles. The minimum atomic E-state index is -1.01. The molecule has 9 heteroatoms. The molecule has 0 radical (unpaired) electrons. The van der Waals surface area contributed by atoms with Crippen molar-refractivity contribution in [1.29, 1.82) is 10.5 Å². The van der Waals surface area contributed by atoms with Crippen LogP contribution in [0, 0.1) is 22.7 Å². The van der Waals surface area contributed by atoms with Crippen LogP contribution >= 0.6 is 0 Å². The third kappa shape index (κ3) is 6.67. The van der Waals surface area contributed by atoms with Crippen molar-refractivity contribution in [2.45, 2.75) is 38.8 Å². The van der Waals surface area contributed by atoms with E-state index in [-0.39, 0.29) is 6.42 Å². The first-order chi connectivity index (χ1) is 13.7. The Morgan fingerprint density at radius 2 is 1.93 bits per heavy atom. The summed E-state index contributed by atoms with van der Waals surface area (Å²) in [5.74, 6) is -0.727. The van der Waals surface area contributed by atoms with Crippen molar-refractivity contribution in [3.05, 3.63) is 48.0 Å². The number of carbonyl (C=O) groups excluding carboxylic acids is 2. The van der Waals surface area contributed by atoms with Gasteiger partial charge in [-0.25, -0.2) is 14.6 Å². The van der Waals surface area contributed by atoms with E-state index in [1.54, 1.807) is 61.9 Å². The summed E-state index contributed by atoms with van der Waals surface area (Å²) in [6.45, 7) is 4.72. The van der Waals surface area contributed by atoms with Crippen LogP contribution in [0.1, 0.15) is 32.0 Å². The number of rotatable bonds is 6. The van der Waals surface area contributed by atoms with E-state index < -0.39 is 30.3 Å². The van der Waals surface area contributed by atoms with Crippen molar-refractivity contribution in [2.24, 2.45) is 0 Å². The quantitative estimate of drug-likeness (QED) is 0.742. The Bertz CT molecular complexity index is 945. The molecule has 0 aliphatic rings. The average molecular weight is 395 g/mol. The van der Waals surface area contributed by atoms with Gasteiger partial charge in [-0.3, -0.25) is 0 Å². The van der Waals surface area contributed by atoms with E-state index in [0.29, 0.717) is 5.69 Å². The number of esters is 1. The van der Waals surface area contributed by atoms with Crippen LogP contribution in [0.15, 0.2) is 36.8 Å². The highest BCUT2D eigenvalue weighted by Crippen LogP contribution is 2.13. The molecule has 2 aromatic rings.